The van der Waals surface area contributed by atoms with Crippen LogP contribution in [-0.4, -0.2) is 34.7 Å². The van der Waals surface area contributed by atoms with Gasteiger partial charge in [0.15, 0.2) is 6.61 Å². The van der Waals surface area contributed by atoms with E-state index >= 15 is 0 Å². The maximum atomic E-state index is 10.3. The summed E-state index contributed by atoms with van der Waals surface area (Å²) in [4.78, 5) is 37.5. The Balaban J connectivity index is 3.44. The average molecular weight is 178 g/mol. The van der Waals surface area contributed by atoms with Gasteiger partial charge in [-0.15, -0.1) is 0 Å². The number of rotatable bonds is 5. The van der Waals surface area contributed by atoms with Crippen molar-refractivity contribution in [3.05, 3.63) is 0 Å². The van der Waals surface area contributed by atoms with Crippen LogP contribution >= 0.6 is 0 Å². The zero-order chi connectivity index (χ0) is 9.56. The Morgan fingerprint density at radius 3 is 2.08 bits per heavy atom. The molecule has 0 atom stereocenters. The summed E-state index contributed by atoms with van der Waals surface area (Å²) in [7, 11) is 0. The fourth-order valence-corrected chi connectivity index (χ4v) is 0.299. The van der Waals surface area contributed by atoms with Crippen molar-refractivity contribution >= 4 is 17.9 Å². The van der Waals surface area contributed by atoms with Gasteiger partial charge < -0.3 is 10.2 Å². The fraction of sp³-hybridized carbons (Fsp3) is 0.400. The van der Waals surface area contributed by atoms with Gasteiger partial charge in [0.1, 0.15) is 6.42 Å². The average Bonchev–Trinajstić information content (AvgIpc) is 1.84. The van der Waals surface area contributed by atoms with Gasteiger partial charge in [-0.05, 0) is 0 Å². The van der Waals surface area contributed by atoms with Crippen molar-refractivity contribution in [1.29, 1.82) is 0 Å². The lowest BCUT2D eigenvalue weighted by atomic mass is 10.5. The van der Waals surface area contributed by atoms with E-state index in [9.17, 15) is 14.4 Å². The van der Waals surface area contributed by atoms with Gasteiger partial charge in [-0.3, -0.25) is 9.68 Å². The van der Waals surface area contributed by atoms with Crippen LogP contribution in [0.2, 0.25) is 0 Å². The Bertz CT molecular complexity index is 196. The quantitative estimate of drug-likeness (QED) is 0.316. The van der Waals surface area contributed by atoms with Crippen LogP contribution in [-0.2, 0) is 24.2 Å². The van der Waals surface area contributed by atoms with Gasteiger partial charge in [-0.1, -0.05) is 0 Å². The van der Waals surface area contributed by atoms with Crippen molar-refractivity contribution in [3.8, 4) is 0 Å². The van der Waals surface area contributed by atoms with Crippen molar-refractivity contribution in [2.24, 2.45) is 0 Å². The molecular formula is C5H6O7. The Morgan fingerprint density at radius 2 is 1.67 bits per heavy atom. The van der Waals surface area contributed by atoms with Gasteiger partial charge in [0.2, 0.25) is 0 Å². The maximum absolute atomic E-state index is 10.3. The molecule has 68 valence electrons. The summed E-state index contributed by atoms with van der Waals surface area (Å²) in [5, 5.41) is 16.0. The van der Waals surface area contributed by atoms with E-state index in [0.717, 1.165) is 0 Å². The molecule has 0 aromatic carbocycles. The predicted octanol–water partition coefficient (Wildman–Crippen LogP) is -0.980. The number of hydrogen-bond acceptors (Lipinski definition) is 5. The summed E-state index contributed by atoms with van der Waals surface area (Å²) >= 11 is 0. The molecule has 7 heteroatoms. The van der Waals surface area contributed by atoms with E-state index in [1.54, 1.807) is 0 Å². The van der Waals surface area contributed by atoms with Crippen LogP contribution in [0.15, 0.2) is 0 Å². The molecule has 0 aliphatic heterocycles. The molecule has 2 N–H and O–H groups in total. The highest BCUT2D eigenvalue weighted by molar-refractivity contribution is 5.89. The van der Waals surface area contributed by atoms with Gasteiger partial charge in [-0.2, -0.15) is 4.89 Å². The van der Waals surface area contributed by atoms with Crippen LogP contribution < -0.4 is 0 Å². The number of hydrogen-bond donors (Lipinski definition) is 2. The van der Waals surface area contributed by atoms with E-state index in [1.165, 1.54) is 0 Å². The zero-order valence-corrected chi connectivity index (χ0v) is 5.85. The van der Waals surface area contributed by atoms with Crippen molar-refractivity contribution < 1.29 is 34.4 Å². The highest BCUT2D eigenvalue weighted by Gasteiger charge is 2.10. The fourth-order valence-electron chi connectivity index (χ4n) is 0.299. The molecule has 0 amide bonds. The minimum Gasteiger partial charge on any atom is -0.481 e. The van der Waals surface area contributed by atoms with Crippen molar-refractivity contribution in [1.82, 2.24) is 0 Å². The molecule has 7 nitrogen and oxygen atoms in total. The molecule has 0 unspecified atom stereocenters. The standard InChI is InChI=1S/C5H6O7/c6-3(7)1-5(10)12-11-2-4(8)9/h1-2H2,(H,6,7)(H,8,9). The third kappa shape index (κ3) is 6.49. The van der Waals surface area contributed by atoms with Gasteiger partial charge in [0.05, 0.1) is 0 Å². The second-order valence-electron chi connectivity index (χ2n) is 1.68. The first-order valence-electron chi connectivity index (χ1n) is 2.78. The second-order valence-corrected chi connectivity index (χ2v) is 1.68. The molecule has 0 saturated heterocycles. The molecule has 0 bridgehead atoms. The lowest BCUT2D eigenvalue weighted by Crippen LogP contribution is -2.14. The van der Waals surface area contributed by atoms with E-state index in [0.29, 0.717) is 0 Å². The molecule has 0 radical (unpaired) electrons. The summed E-state index contributed by atoms with van der Waals surface area (Å²) in [5.41, 5.74) is 0. The minimum absolute atomic E-state index is 0.814. The summed E-state index contributed by atoms with van der Waals surface area (Å²) in [6, 6.07) is 0. The second kappa shape index (κ2) is 5.08. The SMILES string of the molecule is O=C(O)COOC(=O)CC(=O)O. The van der Waals surface area contributed by atoms with Crippen LogP contribution in [0.5, 0.6) is 0 Å². The largest absolute Gasteiger partial charge is 0.481 e. The monoisotopic (exact) mass is 178 g/mol. The Hall–Kier alpha value is -1.63. The highest BCUT2D eigenvalue weighted by atomic mass is 17.2. The first kappa shape index (κ1) is 10.4. The van der Waals surface area contributed by atoms with E-state index in [1.807, 2.05) is 0 Å². The number of carboxylic acid groups (broad SMARTS) is 2. The van der Waals surface area contributed by atoms with Crippen LogP contribution in [0, 0.1) is 0 Å². The van der Waals surface area contributed by atoms with Gasteiger partial charge in [0, 0.05) is 0 Å². The number of aliphatic carboxylic acids is 2. The van der Waals surface area contributed by atoms with Gasteiger partial charge in [0.25, 0.3) is 0 Å². The van der Waals surface area contributed by atoms with Crippen LogP contribution in [0.1, 0.15) is 6.42 Å². The molecule has 0 heterocycles. The summed E-state index contributed by atoms with van der Waals surface area (Å²) in [6.45, 7) is -0.814. The molecule has 0 aliphatic carbocycles. The molecule has 0 rings (SSSR count). The van der Waals surface area contributed by atoms with Crippen LogP contribution in [0.4, 0.5) is 0 Å². The predicted molar refractivity (Wildman–Crippen MR) is 31.9 cm³/mol. The molecule has 0 aromatic rings. The molecule has 0 aliphatic rings. The molecule has 0 spiro atoms. The van der Waals surface area contributed by atoms with Crippen molar-refractivity contribution in [2.45, 2.75) is 6.42 Å². The summed E-state index contributed by atoms with van der Waals surface area (Å²) in [6.07, 6.45) is -0.861. The van der Waals surface area contributed by atoms with E-state index in [-0.39, 0.29) is 0 Å². The molecule has 12 heavy (non-hydrogen) atoms. The summed E-state index contributed by atoms with van der Waals surface area (Å²) in [5.74, 6) is -3.85. The van der Waals surface area contributed by atoms with E-state index in [2.05, 4.69) is 9.78 Å². The third-order valence-electron chi connectivity index (χ3n) is 0.630. The highest BCUT2D eigenvalue weighted by Crippen LogP contribution is 1.87. The van der Waals surface area contributed by atoms with Crippen LogP contribution in [0.3, 0.4) is 0 Å². The number of carbonyl (C=O) groups excluding carboxylic acids is 1. The minimum atomic E-state index is -1.38. The van der Waals surface area contributed by atoms with Gasteiger partial charge >= 0.3 is 17.9 Å². The van der Waals surface area contributed by atoms with Crippen LogP contribution in [0.25, 0.3) is 0 Å². The molecule has 0 fully saturated rings. The Morgan fingerprint density at radius 1 is 1.08 bits per heavy atom. The Kier molecular flexibility index (Phi) is 4.39. The number of carbonyl (C=O) groups is 3. The normalized spacial score (nSPS) is 9.00. The first-order valence-corrected chi connectivity index (χ1v) is 2.78. The lowest BCUT2D eigenvalue weighted by molar-refractivity contribution is -0.270. The summed E-state index contributed by atoms with van der Waals surface area (Å²) < 4.78 is 0. The maximum Gasteiger partial charge on any atom is 0.353 e. The first-order chi connectivity index (χ1) is 5.52. The van der Waals surface area contributed by atoms with Crippen molar-refractivity contribution in [3.63, 3.8) is 0 Å². The van der Waals surface area contributed by atoms with Gasteiger partial charge in [-0.25, -0.2) is 9.59 Å². The zero-order valence-electron chi connectivity index (χ0n) is 5.85. The molecular weight excluding hydrogens is 172 g/mol. The Labute approximate surface area is 66.4 Å². The molecule has 0 aromatic heterocycles. The van der Waals surface area contributed by atoms with E-state index in [4.69, 9.17) is 10.2 Å². The van der Waals surface area contributed by atoms with Crippen molar-refractivity contribution in [2.75, 3.05) is 6.61 Å². The number of carboxylic acids is 2. The smallest absolute Gasteiger partial charge is 0.353 e. The molecule has 0 saturated carbocycles. The topological polar surface area (TPSA) is 110 Å². The third-order valence-corrected chi connectivity index (χ3v) is 0.630. The van der Waals surface area contributed by atoms with E-state index < -0.39 is 30.9 Å². The lowest BCUT2D eigenvalue weighted by Gasteiger charge is -1.97.